The van der Waals surface area contributed by atoms with Gasteiger partial charge in [-0.05, 0) is 48.2 Å². The molecule has 0 fully saturated rings. The number of nitrogen functional groups attached to an aromatic ring is 1. The van der Waals surface area contributed by atoms with Crippen LogP contribution in [0.2, 0.25) is 0 Å². The zero-order valence-corrected chi connectivity index (χ0v) is 24.0. The van der Waals surface area contributed by atoms with Crippen LogP contribution < -0.4 is 11.1 Å². The molecule has 2 heterocycles. The van der Waals surface area contributed by atoms with E-state index in [2.05, 4.69) is 59.9 Å². The number of hydrogen-bond acceptors (Lipinski definition) is 6. The Kier molecular flexibility index (Phi) is 7.96. The molecule has 0 spiro atoms. The van der Waals surface area contributed by atoms with E-state index in [0.717, 1.165) is 39.6 Å². The van der Waals surface area contributed by atoms with Crippen LogP contribution in [0.1, 0.15) is 49.8 Å². The SMILES string of the molecule is CCn1c2ccccc2c2cc(NC(=O)CCSc3nc(N)c(C#N)c(-c4ccc(C(C)C)cc4)c3C#N)ccc21. The van der Waals surface area contributed by atoms with Gasteiger partial charge in [0.25, 0.3) is 0 Å². The second kappa shape index (κ2) is 11.8. The second-order valence-electron chi connectivity index (χ2n) is 10.1. The molecule has 2 aromatic heterocycles. The molecule has 7 nitrogen and oxygen atoms in total. The minimum absolute atomic E-state index is 0.0703. The number of aryl methyl sites for hydroxylation is 1. The van der Waals surface area contributed by atoms with Crippen molar-refractivity contribution in [1.29, 1.82) is 10.5 Å². The van der Waals surface area contributed by atoms with E-state index in [-0.39, 0.29) is 29.3 Å². The molecule has 1 amide bonds. The van der Waals surface area contributed by atoms with Crippen LogP contribution in [0.15, 0.2) is 71.8 Å². The van der Waals surface area contributed by atoms with Crippen molar-refractivity contribution in [3.05, 3.63) is 83.4 Å². The number of thioether (sulfide) groups is 1. The zero-order valence-electron chi connectivity index (χ0n) is 23.2. The smallest absolute Gasteiger partial charge is 0.225 e. The number of anilines is 2. The van der Waals surface area contributed by atoms with Crippen LogP contribution >= 0.6 is 11.8 Å². The van der Waals surface area contributed by atoms with Gasteiger partial charge < -0.3 is 15.6 Å². The summed E-state index contributed by atoms with van der Waals surface area (Å²) in [6.07, 6.45) is 0.213. The van der Waals surface area contributed by atoms with Crippen molar-refractivity contribution in [2.45, 2.75) is 44.7 Å². The zero-order chi connectivity index (χ0) is 29.1. The first-order valence-electron chi connectivity index (χ1n) is 13.5. The van der Waals surface area contributed by atoms with Crippen LogP contribution in [0.5, 0.6) is 0 Å². The highest BCUT2D eigenvalue weighted by atomic mass is 32.2. The summed E-state index contributed by atoms with van der Waals surface area (Å²) in [7, 11) is 0. The lowest BCUT2D eigenvalue weighted by atomic mass is 9.94. The Morgan fingerprint density at radius 3 is 2.39 bits per heavy atom. The maximum Gasteiger partial charge on any atom is 0.225 e. The fraction of sp³-hybridized carbons (Fsp3) is 0.212. The third kappa shape index (κ3) is 5.35. The topological polar surface area (TPSA) is 121 Å². The van der Waals surface area contributed by atoms with Gasteiger partial charge in [0.05, 0.1) is 5.56 Å². The number of fused-ring (bicyclic) bond motifs is 3. The van der Waals surface area contributed by atoms with Gasteiger partial charge in [-0.2, -0.15) is 10.5 Å². The van der Waals surface area contributed by atoms with Crippen molar-refractivity contribution in [2.75, 3.05) is 16.8 Å². The molecular weight excluding hydrogens is 528 g/mol. The first-order chi connectivity index (χ1) is 19.9. The minimum atomic E-state index is -0.138. The van der Waals surface area contributed by atoms with E-state index in [0.29, 0.717) is 22.3 Å². The molecule has 8 heteroatoms. The molecule has 0 radical (unpaired) electrons. The quantitative estimate of drug-likeness (QED) is 0.191. The Hall–Kier alpha value is -4.79. The summed E-state index contributed by atoms with van der Waals surface area (Å²) in [5, 5.41) is 25.5. The Labute approximate surface area is 243 Å². The number of nitrogens with one attached hydrogen (secondary N) is 1. The number of carbonyl (C=O) groups is 1. The fourth-order valence-electron chi connectivity index (χ4n) is 5.16. The summed E-state index contributed by atoms with van der Waals surface area (Å²) >= 11 is 1.28. The Morgan fingerprint density at radius 2 is 1.71 bits per heavy atom. The van der Waals surface area contributed by atoms with Crippen LogP contribution in [0.3, 0.4) is 0 Å². The van der Waals surface area contributed by atoms with Gasteiger partial charge in [-0.1, -0.05) is 56.3 Å². The average Bonchev–Trinajstić information content (AvgIpc) is 3.29. The molecule has 5 aromatic rings. The summed E-state index contributed by atoms with van der Waals surface area (Å²) < 4.78 is 2.27. The highest BCUT2D eigenvalue weighted by Crippen LogP contribution is 2.36. The third-order valence-electron chi connectivity index (χ3n) is 7.22. The van der Waals surface area contributed by atoms with E-state index in [1.165, 1.54) is 17.3 Å². The molecule has 0 bridgehead atoms. The Morgan fingerprint density at radius 1 is 1.00 bits per heavy atom. The number of amides is 1. The molecule has 0 aliphatic rings. The average molecular weight is 559 g/mol. The highest BCUT2D eigenvalue weighted by Gasteiger charge is 2.21. The minimum Gasteiger partial charge on any atom is -0.383 e. The van der Waals surface area contributed by atoms with Gasteiger partial charge >= 0.3 is 0 Å². The lowest BCUT2D eigenvalue weighted by Gasteiger charge is -2.14. The van der Waals surface area contributed by atoms with Crippen LogP contribution in [0.25, 0.3) is 32.9 Å². The van der Waals surface area contributed by atoms with E-state index in [9.17, 15) is 15.3 Å². The predicted molar refractivity (Wildman–Crippen MR) is 167 cm³/mol. The first-order valence-corrected chi connectivity index (χ1v) is 14.5. The monoisotopic (exact) mass is 558 g/mol. The highest BCUT2D eigenvalue weighted by molar-refractivity contribution is 7.99. The maximum atomic E-state index is 12.9. The maximum absolute atomic E-state index is 12.9. The van der Waals surface area contributed by atoms with Gasteiger partial charge in [-0.3, -0.25) is 4.79 Å². The molecule has 204 valence electrons. The molecular formula is C33H30N6OS. The normalized spacial score (nSPS) is 11.1. The van der Waals surface area contributed by atoms with E-state index in [4.69, 9.17) is 5.73 Å². The van der Waals surface area contributed by atoms with Crippen LogP contribution in [0, 0.1) is 22.7 Å². The predicted octanol–water partition coefficient (Wildman–Crippen LogP) is 7.45. The van der Waals surface area contributed by atoms with Crippen molar-refractivity contribution in [3.8, 4) is 23.3 Å². The molecule has 3 aromatic carbocycles. The van der Waals surface area contributed by atoms with E-state index < -0.39 is 0 Å². The third-order valence-corrected chi connectivity index (χ3v) is 8.20. The first kappa shape index (κ1) is 27.8. The molecule has 0 atom stereocenters. The number of pyridine rings is 1. The standard InChI is InChI=1S/C33H30N6OS/c1-4-39-28-8-6-5-7-24(28)25-17-23(13-14-29(25)39)37-30(40)15-16-41-33-27(19-35)31(26(18-34)32(36)38-33)22-11-9-21(10-12-22)20(2)3/h5-14,17,20H,4,15-16H2,1-3H3,(H2,36,38)(H,37,40). The summed E-state index contributed by atoms with van der Waals surface area (Å²) in [6, 6.07) is 26.4. The van der Waals surface area contributed by atoms with E-state index in [1.807, 2.05) is 54.6 Å². The van der Waals surface area contributed by atoms with Gasteiger partial charge in [-0.15, -0.1) is 11.8 Å². The number of benzene rings is 3. The van der Waals surface area contributed by atoms with Crippen molar-refractivity contribution in [3.63, 3.8) is 0 Å². The van der Waals surface area contributed by atoms with Gasteiger partial charge in [0.1, 0.15) is 28.5 Å². The number of nitriles is 2. The van der Waals surface area contributed by atoms with Gasteiger partial charge in [0.15, 0.2) is 0 Å². The molecule has 0 saturated heterocycles. The summed E-state index contributed by atoms with van der Waals surface area (Å²) in [6.45, 7) is 7.19. The molecule has 0 saturated carbocycles. The largest absolute Gasteiger partial charge is 0.383 e. The molecule has 5 rings (SSSR count). The summed E-state index contributed by atoms with van der Waals surface area (Å²) in [5.41, 5.74) is 12.0. The lowest BCUT2D eigenvalue weighted by Crippen LogP contribution is -2.12. The van der Waals surface area contributed by atoms with Gasteiger partial charge in [0, 0.05) is 51.8 Å². The van der Waals surface area contributed by atoms with Gasteiger partial charge in [-0.25, -0.2) is 4.98 Å². The number of carbonyl (C=O) groups excluding carboxylic acids is 1. The van der Waals surface area contributed by atoms with Crippen LogP contribution in [0.4, 0.5) is 11.5 Å². The van der Waals surface area contributed by atoms with Gasteiger partial charge in [0.2, 0.25) is 5.91 Å². The molecule has 3 N–H and O–H groups in total. The van der Waals surface area contributed by atoms with Crippen molar-refractivity contribution >= 4 is 51.0 Å². The number of nitrogens with zero attached hydrogens (tertiary/aromatic N) is 4. The number of hydrogen-bond donors (Lipinski definition) is 2. The second-order valence-corrected chi connectivity index (χ2v) is 11.2. The lowest BCUT2D eigenvalue weighted by molar-refractivity contribution is -0.115. The van der Waals surface area contributed by atoms with Crippen LogP contribution in [-0.2, 0) is 11.3 Å². The van der Waals surface area contributed by atoms with Crippen molar-refractivity contribution in [2.24, 2.45) is 0 Å². The molecule has 41 heavy (non-hydrogen) atoms. The van der Waals surface area contributed by atoms with E-state index in [1.54, 1.807) is 0 Å². The summed E-state index contributed by atoms with van der Waals surface area (Å²) in [4.78, 5) is 17.2. The number of para-hydroxylation sites is 1. The van der Waals surface area contributed by atoms with Crippen molar-refractivity contribution < 1.29 is 4.79 Å². The van der Waals surface area contributed by atoms with Crippen LogP contribution in [-0.4, -0.2) is 21.2 Å². The van der Waals surface area contributed by atoms with E-state index >= 15 is 0 Å². The Bertz CT molecular complexity index is 1860. The molecule has 0 unspecified atom stereocenters. The Balaban J connectivity index is 1.34. The van der Waals surface area contributed by atoms with Crippen molar-refractivity contribution in [1.82, 2.24) is 9.55 Å². The summed E-state index contributed by atoms with van der Waals surface area (Å²) in [5.74, 6) is 0.678. The fourth-order valence-corrected chi connectivity index (χ4v) is 6.10. The molecule has 0 aliphatic carbocycles. The number of aromatic nitrogens is 2. The number of nitrogens with two attached hydrogens (primary N) is 1. The molecule has 0 aliphatic heterocycles. The number of rotatable bonds is 8.